The summed E-state index contributed by atoms with van der Waals surface area (Å²) in [6.45, 7) is 4.65. The molecule has 0 fully saturated rings. The SMILES string of the molecule is CCC1=C(COS(C)(=O)=O)C1.CCC1=C(COS(C)(=O)=O)C1. The van der Waals surface area contributed by atoms with Gasteiger partial charge in [0.25, 0.3) is 20.2 Å². The molecule has 2 rings (SSSR count). The molecule has 128 valence electrons. The minimum atomic E-state index is -3.25. The summed E-state index contributed by atoms with van der Waals surface area (Å²) in [7, 11) is -6.49. The zero-order valence-corrected chi connectivity index (χ0v) is 15.1. The highest BCUT2D eigenvalue weighted by atomic mass is 32.2. The van der Waals surface area contributed by atoms with Crippen molar-refractivity contribution in [2.45, 2.75) is 39.5 Å². The molecule has 0 N–H and O–H groups in total. The van der Waals surface area contributed by atoms with Gasteiger partial charge in [-0.2, -0.15) is 16.8 Å². The average molecular weight is 352 g/mol. The van der Waals surface area contributed by atoms with Crippen LogP contribution in [-0.4, -0.2) is 42.6 Å². The van der Waals surface area contributed by atoms with Gasteiger partial charge in [0.05, 0.1) is 25.7 Å². The number of hydrogen-bond acceptors (Lipinski definition) is 6. The van der Waals surface area contributed by atoms with E-state index < -0.39 is 20.2 Å². The van der Waals surface area contributed by atoms with E-state index in [4.69, 9.17) is 0 Å². The van der Waals surface area contributed by atoms with Crippen LogP contribution in [0.2, 0.25) is 0 Å². The van der Waals surface area contributed by atoms with Crippen LogP contribution >= 0.6 is 0 Å². The van der Waals surface area contributed by atoms with E-state index in [1.54, 1.807) is 0 Å². The predicted octanol–water partition coefficient (Wildman–Crippen LogP) is 2.15. The van der Waals surface area contributed by atoms with Gasteiger partial charge in [-0.05, 0) is 36.8 Å². The van der Waals surface area contributed by atoms with E-state index in [2.05, 4.69) is 22.2 Å². The van der Waals surface area contributed by atoms with Crippen LogP contribution in [0.1, 0.15) is 39.5 Å². The Morgan fingerprint density at radius 3 is 1.23 bits per heavy atom. The fourth-order valence-electron chi connectivity index (χ4n) is 1.84. The van der Waals surface area contributed by atoms with Gasteiger partial charge in [0.2, 0.25) is 0 Å². The summed E-state index contributed by atoms with van der Waals surface area (Å²) < 4.78 is 51.3. The van der Waals surface area contributed by atoms with Crippen molar-refractivity contribution < 1.29 is 25.2 Å². The van der Waals surface area contributed by atoms with Crippen LogP contribution in [0.15, 0.2) is 22.3 Å². The average Bonchev–Trinajstić information content (AvgIpc) is 3.27. The molecule has 0 radical (unpaired) electrons. The summed E-state index contributed by atoms with van der Waals surface area (Å²) in [5.74, 6) is 0. The first kappa shape index (κ1) is 19.3. The highest BCUT2D eigenvalue weighted by molar-refractivity contribution is 7.86. The van der Waals surface area contributed by atoms with Crippen LogP contribution in [0.3, 0.4) is 0 Å². The molecule has 0 aromatic heterocycles. The molecule has 0 heterocycles. The molecule has 0 spiro atoms. The fourth-order valence-corrected chi connectivity index (χ4v) is 2.55. The third-order valence-corrected chi connectivity index (χ3v) is 4.44. The van der Waals surface area contributed by atoms with E-state index in [9.17, 15) is 16.8 Å². The van der Waals surface area contributed by atoms with Gasteiger partial charge in [-0.1, -0.05) is 25.0 Å². The van der Waals surface area contributed by atoms with Crippen LogP contribution in [0.4, 0.5) is 0 Å². The van der Waals surface area contributed by atoms with Crippen molar-refractivity contribution in [1.29, 1.82) is 0 Å². The smallest absolute Gasteiger partial charge is 0.264 e. The third-order valence-electron chi connectivity index (χ3n) is 3.35. The van der Waals surface area contributed by atoms with Crippen LogP contribution < -0.4 is 0 Å². The second-order valence-electron chi connectivity index (χ2n) is 5.41. The van der Waals surface area contributed by atoms with Crippen LogP contribution in [-0.2, 0) is 28.6 Å². The lowest BCUT2D eigenvalue weighted by Crippen LogP contribution is -2.02. The molecule has 0 bridgehead atoms. The molecule has 0 aromatic rings. The van der Waals surface area contributed by atoms with Crippen molar-refractivity contribution in [1.82, 2.24) is 0 Å². The van der Waals surface area contributed by atoms with E-state index in [0.29, 0.717) is 0 Å². The maximum absolute atomic E-state index is 10.5. The molecule has 0 saturated heterocycles. The van der Waals surface area contributed by atoms with Crippen molar-refractivity contribution in [2.24, 2.45) is 0 Å². The maximum Gasteiger partial charge on any atom is 0.264 e. The Morgan fingerprint density at radius 1 is 0.727 bits per heavy atom. The normalized spacial score (nSPS) is 17.3. The Balaban J connectivity index is 0.000000220. The fraction of sp³-hybridized carbons (Fsp3) is 0.714. The van der Waals surface area contributed by atoms with Crippen molar-refractivity contribution in [3.63, 3.8) is 0 Å². The summed E-state index contributed by atoms with van der Waals surface area (Å²) in [5, 5.41) is 0. The van der Waals surface area contributed by atoms with Gasteiger partial charge in [0.1, 0.15) is 0 Å². The first-order valence-electron chi connectivity index (χ1n) is 7.14. The van der Waals surface area contributed by atoms with Crippen molar-refractivity contribution >= 4 is 20.2 Å². The van der Waals surface area contributed by atoms with Crippen molar-refractivity contribution in [3.8, 4) is 0 Å². The molecule has 0 saturated carbocycles. The van der Waals surface area contributed by atoms with Gasteiger partial charge in [-0.3, -0.25) is 8.37 Å². The lowest BCUT2D eigenvalue weighted by molar-refractivity contribution is 0.355. The van der Waals surface area contributed by atoms with Gasteiger partial charge in [-0.15, -0.1) is 0 Å². The van der Waals surface area contributed by atoms with E-state index in [0.717, 1.165) is 49.3 Å². The van der Waals surface area contributed by atoms with E-state index in [-0.39, 0.29) is 13.2 Å². The molecule has 0 aromatic carbocycles. The molecule has 0 unspecified atom stereocenters. The molecular formula is C14H24O6S2. The van der Waals surface area contributed by atoms with Crippen LogP contribution in [0, 0.1) is 0 Å². The second kappa shape index (κ2) is 7.72. The zero-order valence-electron chi connectivity index (χ0n) is 13.5. The first-order valence-corrected chi connectivity index (χ1v) is 10.8. The lowest BCUT2D eigenvalue weighted by atomic mass is 10.4. The Labute approximate surface area is 133 Å². The monoisotopic (exact) mass is 352 g/mol. The molecule has 6 nitrogen and oxygen atoms in total. The van der Waals surface area contributed by atoms with Gasteiger partial charge < -0.3 is 0 Å². The molecule has 0 aliphatic heterocycles. The van der Waals surface area contributed by atoms with Gasteiger partial charge in [0.15, 0.2) is 0 Å². The Hall–Kier alpha value is -0.700. The Bertz CT molecular complexity index is 608. The topological polar surface area (TPSA) is 86.7 Å². The minimum absolute atomic E-state index is 0.266. The molecular weight excluding hydrogens is 328 g/mol. The second-order valence-corrected chi connectivity index (χ2v) is 8.70. The Kier molecular flexibility index (Phi) is 6.79. The van der Waals surface area contributed by atoms with Crippen LogP contribution in [0.25, 0.3) is 0 Å². The van der Waals surface area contributed by atoms with E-state index >= 15 is 0 Å². The molecule has 2 aliphatic rings. The summed E-state index contributed by atoms with van der Waals surface area (Å²) in [5.41, 5.74) is 4.98. The molecule has 8 heteroatoms. The zero-order chi connectivity index (χ0) is 17.0. The number of hydrogen-bond donors (Lipinski definition) is 0. The standard InChI is InChI=1S/2C7H12O3S/c2*1-3-6-4-7(6)5-10-11(2,8)9/h2*3-5H2,1-2H3. The minimum Gasteiger partial charge on any atom is -0.266 e. The highest BCUT2D eigenvalue weighted by Gasteiger charge is 2.21. The molecule has 0 amide bonds. The van der Waals surface area contributed by atoms with Crippen molar-refractivity contribution in [3.05, 3.63) is 22.3 Å². The third kappa shape index (κ3) is 8.67. The quantitative estimate of drug-likeness (QED) is 0.491. The number of rotatable bonds is 8. The Morgan fingerprint density at radius 2 is 1.05 bits per heavy atom. The summed E-state index contributed by atoms with van der Waals surface area (Å²) in [4.78, 5) is 0. The maximum atomic E-state index is 10.5. The summed E-state index contributed by atoms with van der Waals surface area (Å²) in [6.07, 6.45) is 6.10. The van der Waals surface area contributed by atoms with E-state index in [1.807, 2.05) is 0 Å². The summed E-state index contributed by atoms with van der Waals surface area (Å²) in [6, 6.07) is 0. The first-order chi connectivity index (χ1) is 10.1. The predicted molar refractivity (Wildman–Crippen MR) is 85.5 cm³/mol. The van der Waals surface area contributed by atoms with E-state index in [1.165, 1.54) is 11.1 Å². The molecule has 0 atom stereocenters. The highest BCUT2D eigenvalue weighted by Crippen LogP contribution is 2.34. The largest absolute Gasteiger partial charge is 0.266 e. The number of allylic oxidation sites excluding steroid dienone is 2. The van der Waals surface area contributed by atoms with Crippen LogP contribution in [0.5, 0.6) is 0 Å². The molecule has 2 aliphatic carbocycles. The van der Waals surface area contributed by atoms with Gasteiger partial charge in [-0.25, -0.2) is 0 Å². The van der Waals surface area contributed by atoms with Gasteiger partial charge in [0, 0.05) is 0 Å². The summed E-state index contributed by atoms with van der Waals surface area (Å²) >= 11 is 0. The molecule has 22 heavy (non-hydrogen) atoms. The van der Waals surface area contributed by atoms with Gasteiger partial charge >= 0.3 is 0 Å². The lowest BCUT2D eigenvalue weighted by Gasteiger charge is -1.94. The van der Waals surface area contributed by atoms with Crippen molar-refractivity contribution in [2.75, 3.05) is 25.7 Å².